The van der Waals surface area contributed by atoms with Gasteiger partial charge in [0.25, 0.3) is 0 Å². The van der Waals surface area contributed by atoms with E-state index in [2.05, 4.69) is 77.5 Å². The van der Waals surface area contributed by atoms with E-state index in [-0.39, 0.29) is 6.04 Å². The number of H-pyrrole nitrogens is 1. The van der Waals surface area contributed by atoms with Crippen molar-refractivity contribution in [3.05, 3.63) is 82.8 Å². The van der Waals surface area contributed by atoms with Gasteiger partial charge >= 0.3 is 0 Å². The molecule has 2 aromatic carbocycles. The first-order valence-corrected chi connectivity index (χ1v) is 10.7. The average molecular weight is 401 g/mol. The van der Waals surface area contributed by atoms with Crippen molar-refractivity contribution in [2.24, 2.45) is 0 Å². The molecule has 0 radical (unpaired) electrons. The van der Waals surface area contributed by atoms with Crippen LogP contribution in [-0.2, 0) is 19.5 Å². The molecule has 0 spiro atoms. The molecule has 5 nitrogen and oxygen atoms in total. The molecule has 30 heavy (non-hydrogen) atoms. The van der Waals surface area contributed by atoms with Crippen molar-refractivity contribution in [2.75, 3.05) is 13.7 Å². The van der Waals surface area contributed by atoms with Crippen LogP contribution >= 0.6 is 0 Å². The highest BCUT2D eigenvalue weighted by Crippen LogP contribution is 2.40. The van der Waals surface area contributed by atoms with Crippen LogP contribution in [0.25, 0.3) is 10.9 Å². The number of methoxy groups -OCH3 is 1. The van der Waals surface area contributed by atoms with E-state index in [1.165, 1.54) is 33.3 Å². The van der Waals surface area contributed by atoms with Crippen molar-refractivity contribution in [1.82, 2.24) is 19.7 Å². The Hall–Kier alpha value is -3.05. The lowest BCUT2D eigenvalue weighted by Gasteiger charge is -2.36. The first kappa shape index (κ1) is 18.9. The number of aromatic nitrogens is 3. The minimum absolute atomic E-state index is 0.153. The molecule has 5 heteroatoms. The molecule has 1 aliphatic rings. The molecule has 1 aliphatic heterocycles. The Morgan fingerprint density at radius 1 is 1.17 bits per heavy atom. The molecule has 0 aliphatic carbocycles. The highest BCUT2D eigenvalue weighted by Gasteiger charge is 2.32. The second kappa shape index (κ2) is 7.65. The van der Waals surface area contributed by atoms with Crippen LogP contribution in [0.3, 0.4) is 0 Å². The highest BCUT2D eigenvalue weighted by molar-refractivity contribution is 5.85. The van der Waals surface area contributed by atoms with Gasteiger partial charge < -0.3 is 9.72 Å². The summed E-state index contributed by atoms with van der Waals surface area (Å²) >= 11 is 0. The number of hydrogen-bond donors (Lipinski definition) is 1. The van der Waals surface area contributed by atoms with Gasteiger partial charge in [0.2, 0.25) is 0 Å². The Kier molecular flexibility index (Phi) is 4.83. The Morgan fingerprint density at radius 2 is 2.03 bits per heavy atom. The fraction of sp³-hybridized carbons (Fsp3) is 0.320. The third-order valence-corrected chi connectivity index (χ3v) is 6.29. The number of hydrogen-bond acceptors (Lipinski definition) is 3. The third-order valence-electron chi connectivity index (χ3n) is 6.29. The molecule has 1 N–H and O–H groups in total. The van der Waals surface area contributed by atoms with Gasteiger partial charge in [0.15, 0.2) is 0 Å². The second-order valence-electron chi connectivity index (χ2n) is 8.06. The van der Waals surface area contributed by atoms with Crippen LogP contribution in [-0.4, -0.2) is 33.3 Å². The minimum Gasteiger partial charge on any atom is -0.497 e. The first-order valence-electron chi connectivity index (χ1n) is 10.7. The van der Waals surface area contributed by atoms with Gasteiger partial charge in [-0.1, -0.05) is 30.3 Å². The zero-order chi connectivity index (χ0) is 20.7. The van der Waals surface area contributed by atoms with Gasteiger partial charge in [0.05, 0.1) is 18.8 Å². The molecule has 4 aromatic rings. The average Bonchev–Trinajstić information content (AvgIpc) is 3.33. The van der Waals surface area contributed by atoms with E-state index in [9.17, 15) is 0 Å². The maximum absolute atomic E-state index is 5.54. The number of benzene rings is 2. The SMILES string of the molecule is CCn1cc(CN2CCc3c([nH]c4ccccc34)[C@H]2c2cccc(OC)c2)c(C)n1. The van der Waals surface area contributed by atoms with Crippen molar-refractivity contribution in [3.8, 4) is 5.75 Å². The molecule has 5 rings (SSSR count). The van der Waals surface area contributed by atoms with Crippen LogP contribution in [0.2, 0.25) is 0 Å². The van der Waals surface area contributed by atoms with E-state index in [1.807, 2.05) is 10.7 Å². The molecule has 0 fully saturated rings. The molecular weight excluding hydrogens is 372 g/mol. The Labute approximate surface area is 177 Å². The standard InChI is InChI=1S/C25H28N4O/c1-4-29-16-19(17(2)27-29)15-28-13-12-22-21-10-5-6-11-23(21)26-24(22)25(28)18-8-7-9-20(14-18)30-3/h5-11,14,16,25-26H,4,12-13,15H2,1-3H3/t25-/m1/s1. The van der Waals surface area contributed by atoms with E-state index in [0.29, 0.717) is 0 Å². The fourth-order valence-electron chi connectivity index (χ4n) is 4.75. The molecule has 1 atom stereocenters. The summed E-state index contributed by atoms with van der Waals surface area (Å²) in [6.07, 6.45) is 3.24. The summed E-state index contributed by atoms with van der Waals surface area (Å²) in [6.45, 7) is 7.02. The Morgan fingerprint density at radius 3 is 2.83 bits per heavy atom. The fourth-order valence-corrected chi connectivity index (χ4v) is 4.75. The van der Waals surface area contributed by atoms with Crippen LogP contribution in [0.5, 0.6) is 5.75 Å². The quantitative estimate of drug-likeness (QED) is 0.521. The number of rotatable bonds is 5. The summed E-state index contributed by atoms with van der Waals surface area (Å²) < 4.78 is 7.57. The third kappa shape index (κ3) is 3.19. The number of para-hydroxylation sites is 1. The van der Waals surface area contributed by atoms with Gasteiger partial charge in [0, 0.05) is 48.0 Å². The van der Waals surface area contributed by atoms with Crippen molar-refractivity contribution >= 4 is 10.9 Å². The number of aromatic amines is 1. The van der Waals surface area contributed by atoms with Crippen LogP contribution in [0, 0.1) is 6.92 Å². The molecule has 0 saturated heterocycles. The summed E-state index contributed by atoms with van der Waals surface area (Å²) in [5.74, 6) is 0.894. The van der Waals surface area contributed by atoms with E-state index < -0.39 is 0 Å². The van der Waals surface area contributed by atoms with Crippen molar-refractivity contribution in [2.45, 2.75) is 39.4 Å². The van der Waals surface area contributed by atoms with Gasteiger partial charge in [-0.25, -0.2) is 0 Å². The minimum atomic E-state index is 0.153. The molecule has 0 amide bonds. The van der Waals surface area contributed by atoms with Crippen LogP contribution in [0.4, 0.5) is 0 Å². The zero-order valence-electron chi connectivity index (χ0n) is 17.9. The van der Waals surface area contributed by atoms with Gasteiger partial charge in [-0.15, -0.1) is 0 Å². The number of aryl methyl sites for hydroxylation is 2. The Bertz CT molecular complexity index is 1190. The summed E-state index contributed by atoms with van der Waals surface area (Å²) in [6, 6.07) is 17.3. The molecule has 2 aromatic heterocycles. The van der Waals surface area contributed by atoms with E-state index in [4.69, 9.17) is 4.74 Å². The molecule has 0 bridgehead atoms. The first-order chi connectivity index (χ1) is 14.7. The smallest absolute Gasteiger partial charge is 0.119 e. The highest BCUT2D eigenvalue weighted by atomic mass is 16.5. The summed E-state index contributed by atoms with van der Waals surface area (Å²) in [4.78, 5) is 6.31. The van der Waals surface area contributed by atoms with Crippen LogP contribution in [0.1, 0.15) is 41.0 Å². The van der Waals surface area contributed by atoms with Gasteiger partial charge in [-0.05, 0) is 49.6 Å². The van der Waals surface area contributed by atoms with Crippen LogP contribution < -0.4 is 4.74 Å². The van der Waals surface area contributed by atoms with Gasteiger partial charge in [-0.3, -0.25) is 9.58 Å². The van der Waals surface area contributed by atoms with Gasteiger partial charge in [0.1, 0.15) is 5.75 Å². The lowest BCUT2D eigenvalue weighted by Crippen LogP contribution is -2.35. The normalized spacial score (nSPS) is 16.7. The number of ether oxygens (including phenoxy) is 1. The largest absolute Gasteiger partial charge is 0.497 e. The zero-order valence-corrected chi connectivity index (χ0v) is 17.9. The maximum atomic E-state index is 5.54. The molecule has 0 saturated carbocycles. The molecular formula is C25H28N4O. The Balaban J connectivity index is 1.61. The molecule has 0 unspecified atom stereocenters. The maximum Gasteiger partial charge on any atom is 0.119 e. The predicted octanol–water partition coefficient (Wildman–Crippen LogP) is 4.85. The second-order valence-corrected chi connectivity index (χ2v) is 8.06. The van der Waals surface area contributed by atoms with E-state index in [0.717, 1.165) is 37.5 Å². The lowest BCUT2D eigenvalue weighted by molar-refractivity contribution is 0.201. The lowest BCUT2D eigenvalue weighted by atomic mass is 9.92. The van der Waals surface area contributed by atoms with E-state index in [1.54, 1.807) is 7.11 Å². The van der Waals surface area contributed by atoms with Crippen molar-refractivity contribution in [1.29, 1.82) is 0 Å². The summed E-state index contributed by atoms with van der Waals surface area (Å²) in [5, 5.41) is 6.00. The van der Waals surface area contributed by atoms with Crippen LogP contribution in [0.15, 0.2) is 54.7 Å². The monoisotopic (exact) mass is 400 g/mol. The van der Waals surface area contributed by atoms with E-state index >= 15 is 0 Å². The number of nitrogens with one attached hydrogen (secondary N) is 1. The van der Waals surface area contributed by atoms with Crippen molar-refractivity contribution < 1.29 is 4.74 Å². The molecule has 154 valence electrons. The number of fused-ring (bicyclic) bond motifs is 3. The molecule has 3 heterocycles. The summed E-state index contributed by atoms with van der Waals surface area (Å²) in [7, 11) is 1.73. The predicted molar refractivity (Wildman–Crippen MR) is 120 cm³/mol. The summed E-state index contributed by atoms with van der Waals surface area (Å²) in [5.41, 5.74) is 7.62. The van der Waals surface area contributed by atoms with Crippen molar-refractivity contribution in [3.63, 3.8) is 0 Å². The van der Waals surface area contributed by atoms with Gasteiger partial charge in [-0.2, -0.15) is 5.10 Å². The topological polar surface area (TPSA) is 46.1 Å². The number of nitrogens with zero attached hydrogens (tertiary/aromatic N) is 3.